The summed E-state index contributed by atoms with van der Waals surface area (Å²) in [6.45, 7) is 6.95. The van der Waals surface area contributed by atoms with Gasteiger partial charge in [-0.15, -0.1) is 0 Å². The van der Waals surface area contributed by atoms with Crippen LogP contribution in [0.4, 0.5) is 0 Å². The molecule has 0 aliphatic heterocycles. The van der Waals surface area contributed by atoms with Crippen molar-refractivity contribution < 1.29 is 4.74 Å². The first kappa shape index (κ1) is 10.8. The van der Waals surface area contributed by atoms with E-state index in [1.807, 2.05) is 6.07 Å². The number of benzene rings is 1. The van der Waals surface area contributed by atoms with Gasteiger partial charge in [0.2, 0.25) is 0 Å². The molecule has 0 saturated heterocycles. The van der Waals surface area contributed by atoms with Crippen molar-refractivity contribution in [3.8, 4) is 5.75 Å². The first-order chi connectivity index (χ1) is 5.96. The summed E-state index contributed by atoms with van der Waals surface area (Å²) >= 11 is 3.50. The Balaban J connectivity index is 3.29. The van der Waals surface area contributed by atoms with Crippen LogP contribution in [0.1, 0.15) is 0 Å². The van der Waals surface area contributed by atoms with Gasteiger partial charge in [-0.3, -0.25) is 0 Å². The van der Waals surface area contributed by atoms with E-state index in [-0.39, 0.29) is 0 Å². The van der Waals surface area contributed by atoms with E-state index in [1.54, 1.807) is 7.11 Å². The van der Waals surface area contributed by atoms with E-state index in [2.05, 4.69) is 47.7 Å². The molecule has 0 radical (unpaired) electrons. The Bertz CT molecular complexity index is 304. The molecule has 0 amide bonds. The summed E-state index contributed by atoms with van der Waals surface area (Å²) in [6, 6.07) is 6.25. The Kier molecular flexibility index (Phi) is 3.19. The Labute approximate surface area is 89.3 Å². The van der Waals surface area contributed by atoms with Gasteiger partial charge in [0.25, 0.3) is 0 Å². The fourth-order valence-corrected chi connectivity index (χ4v) is 3.53. The molecule has 0 aliphatic carbocycles. The third-order valence-corrected chi connectivity index (χ3v) is 4.61. The monoisotopic (exact) mass is 258 g/mol. The molecule has 1 nitrogen and oxygen atoms in total. The Morgan fingerprint density at radius 1 is 1.23 bits per heavy atom. The molecule has 0 bridgehead atoms. The number of methoxy groups -OCH3 is 1. The summed E-state index contributed by atoms with van der Waals surface area (Å²) in [6.07, 6.45) is 0. The average molecular weight is 259 g/mol. The summed E-state index contributed by atoms with van der Waals surface area (Å²) in [5.74, 6) is 1.00. The molecule has 0 aromatic heterocycles. The van der Waals surface area contributed by atoms with Crippen molar-refractivity contribution >= 4 is 29.2 Å². The Morgan fingerprint density at radius 2 is 1.85 bits per heavy atom. The van der Waals surface area contributed by atoms with Gasteiger partial charge in [-0.1, -0.05) is 31.8 Å². The highest BCUT2D eigenvalue weighted by Gasteiger charge is 2.21. The van der Waals surface area contributed by atoms with Crippen molar-refractivity contribution in [3.63, 3.8) is 0 Å². The third-order valence-electron chi connectivity index (χ3n) is 1.98. The molecule has 1 rings (SSSR count). The molecule has 0 fully saturated rings. The van der Waals surface area contributed by atoms with Crippen molar-refractivity contribution in [1.82, 2.24) is 0 Å². The standard InChI is InChI=1S/C10H15BrOSi/c1-12-10-8(11)6-5-7-9(10)13(2,3)4/h5-7H,1-4H3. The zero-order valence-electron chi connectivity index (χ0n) is 8.52. The van der Waals surface area contributed by atoms with Crippen LogP contribution in [0, 0.1) is 0 Å². The van der Waals surface area contributed by atoms with Crippen LogP contribution >= 0.6 is 15.9 Å². The summed E-state index contributed by atoms with van der Waals surface area (Å²) < 4.78 is 6.44. The normalized spacial score (nSPS) is 11.5. The molecule has 0 aliphatic rings. The largest absolute Gasteiger partial charge is 0.496 e. The summed E-state index contributed by atoms with van der Waals surface area (Å²) in [7, 11) is 0.441. The summed E-state index contributed by atoms with van der Waals surface area (Å²) in [5, 5.41) is 1.37. The van der Waals surface area contributed by atoms with Crippen molar-refractivity contribution in [1.29, 1.82) is 0 Å². The second kappa shape index (κ2) is 3.84. The molecule has 0 saturated carbocycles. The molecule has 0 unspecified atom stereocenters. The van der Waals surface area contributed by atoms with E-state index < -0.39 is 8.07 Å². The van der Waals surface area contributed by atoms with E-state index >= 15 is 0 Å². The predicted molar refractivity (Wildman–Crippen MR) is 63.7 cm³/mol. The van der Waals surface area contributed by atoms with Gasteiger partial charge in [0, 0.05) is 0 Å². The van der Waals surface area contributed by atoms with Crippen LogP contribution in [-0.2, 0) is 0 Å². The lowest BCUT2D eigenvalue weighted by atomic mass is 10.3. The highest BCUT2D eigenvalue weighted by atomic mass is 79.9. The number of para-hydroxylation sites is 1. The van der Waals surface area contributed by atoms with Crippen LogP contribution in [0.2, 0.25) is 19.6 Å². The van der Waals surface area contributed by atoms with Crippen molar-refractivity contribution in [3.05, 3.63) is 22.7 Å². The van der Waals surface area contributed by atoms with E-state index in [0.29, 0.717) is 0 Å². The molecular weight excluding hydrogens is 244 g/mol. The molecule has 72 valence electrons. The van der Waals surface area contributed by atoms with E-state index in [1.165, 1.54) is 5.19 Å². The van der Waals surface area contributed by atoms with E-state index in [9.17, 15) is 0 Å². The smallest absolute Gasteiger partial charge is 0.132 e. The minimum absolute atomic E-state index is 1.00. The fourth-order valence-electron chi connectivity index (χ4n) is 1.31. The highest BCUT2D eigenvalue weighted by Crippen LogP contribution is 2.24. The number of hydrogen-bond donors (Lipinski definition) is 0. The number of rotatable bonds is 2. The van der Waals surface area contributed by atoms with Crippen molar-refractivity contribution in [2.24, 2.45) is 0 Å². The lowest BCUT2D eigenvalue weighted by Crippen LogP contribution is -2.38. The molecule has 0 atom stereocenters. The van der Waals surface area contributed by atoms with Gasteiger partial charge in [-0.05, 0) is 27.2 Å². The zero-order valence-corrected chi connectivity index (χ0v) is 11.1. The molecule has 0 N–H and O–H groups in total. The second-order valence-corrected chi connectivity index (χ2v) is 9.96. The maximum absolute atomic E-state index is 5.39. The van der Waals surface area contributed by atoms with Crippen molar-refractivity contribution in [2.75, 3.05) is 7.11 Å². The quantitative estimate of drug-likeness (QED) is 0.742. The molecular formula is C10H15BrOSi. The minimum Gasteiger partial charge on any atom is -0.496 e. The van der Waals surface area contributed by atoms with E-state index in [0.717, 1.165) is 10.2 Å². The molecule has 13 heavy (non-hydrogen) atoms. The minimum atomic E-state index is -1.29. The van der Waals surface area contributed by atoms with Gasteiger partial charge in [0.05, 0.1) is 19.7 Å². The van der Waals surface area contributed by atoms with Gasteiger partial charge in [0.15, 0.2) is 0 Å². The Morgan fingerprint density at radius 3 is 2.23 bits per heavy atom. The number of hydrogen-bond acceptors (Lipinski definition) is 1. The van der Waals surface area contributed by atoms with Crippen LogP contribution < -0.4 is 9.92 Å². The maximum Gasteiger partial charge on any atom is 0.132 e. The van der Waals surface area contributed by atoms with Gasteiger partial charge in [0.1, 0.15) is 5.75 Å². The van der Waals surface area contributed by atoms with Crippen LogP contribution in [-0.4, -0.2) is 15.2 Å². The third kappa shape index (κ3) is 2.35. The maximum atomic E-state index is 5.39. The van der Waals surface area contributed by atoms with Crippen LogP contribution in [0.25, 0.3) is 0 Å². The molecule has 0 spiro atoms. The lowest BCUT2D eigenvalue weighted by Gasteiger charge is -2.20. The van der Waals surface area contributed by atoms with Gasteiger partial charge < -0.3 is 4.74 Å². The topological polar surface area (TPSA) is 9.23 Å². The molecule has 1 aromatic rings. The van der Waals surface area contributed by atoms with Gasteiger partial charge >= 0.3 is 0 Å². The average Bonchev–Trinajstić information content (AvgIpc) is 2.02. The highest BCUT2D eigenvalue weighted by molar-refractivity contribution is 9.10. The van der Waals surface area contributed by atoms with Gasteiger partial charge in [-0.2, -0.15) is 0 Å². The van der Waals surface area contributed by atoms with Crippen LogP contribution in [0.15, 0.2) is 22.7 Å². The lowest BCUT2D eigenvalue weighted by molar-refractivity contribution is 0.415. The first-order valence-corrected chi connectivity index (χ1v) is 8.59. The fraction of sp³-hybridized carbons (Fsp3) is 0.400. The number of halogens is 1. The first-order valence-electron chi connectivity index (χ1n) is 4.30. The number of ether oxygens (including phenoxy) is 1. The molecule has 0 heterocycles. The zero-order chi connectivity index (χ0) is 10.1. The van der Waals surface area contributed by atoms with Crippen LogP contribution in [0.3, 0.4) is 0 Å². The Hall–Kier alpha value is -0.283. The van der Waals surface area contributed by atoms with E-state index in [4.69, 9.17) is 4.74 Å². The SMILES string of the molecule is COc1c(Br)cccc1[Si](C)(C)C. The predicted octanol–water partition coefficient (Wildman–Crippen LogP) is 3.00. The second-order valence-electron chi connectivity index (χ2n) is 4.07. The molecule has 1 aromatic carbocycles. The van der Waals surface area contributed by atoms with Crippen molar-refractivity contribution in [2.45, 2.75) is 19.6 Å². The van der Waals surface area contributed by atoms with Gasteiger partial charge in [-0.25, -0.2) is 0 Å². The summed E-state index contributed by atoms with van der Waals surface area (Å²) in [4.78, 5) is 0. The molecule has 3 heteroatoms. The van der Waals surface area contributed by atoms with Crippen LogP contribution in [0.5, 0.6) is 5.75 Å². The summed E-state index contributed by atoms with van der Waals surface area (Å²) in [5.41, 5.74) is 0.